The Morgan fingerprint density at radius 3 is 1.00 bits per heavy atom. The molecule has 2 aromatic heterocycles. The molecular formula is C29H40Cl2O2S2. The lowest BCUT2D eigenvalue weighted by Crippen LogP contribution is -2.04. The molecule has 0 atom stereocenters. The minimum atomic E-state index is -0.368. The highest BCUT2D eigenvalue weighted by Gasteiger charge is 2.32. The highest BCUT2D eigenvalue weighted by Crippen LogP contribution is 2.50. The first kappa shape index (κ1) is 27.6. The molecule has 35 heavy (non-hydrogen) atoms. The Hall–Kier alpha value is -0.420. The quantitative estimate of drug-likeness (QED) is 0.352. The molecule has 2 heterocycles. The molecule has 2 fully saturated rings. The second kappa shape index (κ2) is 13.9. The second-order valence-electron chi connectivity index (χ2n) is 10.7. The maximum absolute atomic E-state index is 12.8. The van der Waals surface area contributed by atoms with E-state index < -0.39 is 0 Å². The Morgan fingerprint density at radius 2 is 0.743 bits per heavy atom. The molecule has 6 heteroatoms. The normalized spacial score (nSPS) is 21.0. The van der Waals surface area contributed by atoms with Crippen molar-refractivity contribution in [1.82, 2.24) is 0 Å². The van der Waals surface area contributed by atoms with Crippen LogP contribution in [-0.2, 0) is 0 Å². The van der Waals surface area contributed by atoms with Gasteiger partial charge in [0, 0.05) is 9.75 Å². The van der Waals surface area contributed by atoms with E-state index in [4.69, 9.17) is 23.2 Å². The number of fused-ring (bicyclic) bond motifs is 1. The summed E-state index contributed by atoms with van der Waals surface area (Å²) in [5, 5.41) is -0.736. The van der Waals surface area contributed by atoms with Crippen molar-refractivity contribution in [1.29, 1.82) is 0 Å². The lowest BCUT2D eigenvalue weighted by molar-refractivity contribution is 0.107. The van der Waals surface area contributed by atoms with E-state index >= 15 is 0 Å². The zero-order valence-electron chi connectivity index (χ0n) is 21.0. The van der Waals surface area contributed by atoms with Crippen molar-refractivity contribution in [2.24, 2.45) is 0 Å². The van der Waals surface area contributed by atoms with Gasteiger partial charge in [-0.05, 0) is 60.7 Å². The first-order valence-electron chi connectivity index (χ1n) is 14.1. The van der Waals surface area contributed by atoms with Crippen molar-refractivity contribution in [2.45, 2.75) is 134 Å². The van der Waals surface area contributed by atoms with Crippen molar-refractivity contribution < 1.29 is 9.59 Å². The molecule has 2 saturated carbocycles. The van der Waals surface area contributed by atoms with Crippen LogP contribution in [-0.4, -0.2) is 10.5 Å². The van der Waals surface area contributed by atoms with Crippen LogP contribution in [0, 0.1) is 0 Å². The fourth-order valence-electron chi connectivity index (χ4n) is 6.24. The van der Waals surface area contributed by atoms with Crippen LogP contribution < -0.4 is 0 Å². The molecule has 0 amide bonds. The Kier molecular flexibility index (Phi) is 11.0. The molecule has 2 aliphatic carbocycles. The monoisotopic (exact) mass is 554 g/mol. The summed E-state index contributed by atoms with van der Waals surface area (Å²) >= 11 is 15.8. The Bertz CT molecular complexity index is 971. The highest BCUT2D eigenvalue weighted by atomic mass is 35.5. The van der Waals surface area contributed by atoms with E-state index in [0.717, 1.165) is 44.8 Å². The summed E-state index contributed by atoms with van der Waals surface area (Å²) in [6.45, 7) is 0. The molecule has 194 valence electrons. The van der Waals surface area contributed by atoms with E-state index in [-0.39, 0.29) is 10.5 Å². The zero-order chi connectivity index (χ0) is 24.6. The minimum Gasteiger partial charge on any atom is -0.276 e. The summed E-state index contributed by atoms with van der Waals surface area (Å²) in [5.74, 6) is 0.709. The molecule has 2 nitrogen and oxygen atoms in total. The fourth-order valence-corrected chi connectivity index (χ4v) is 10.1. The van der Waals surface area contributed by atoms with Crippen molar-refractivity contribution in [3.63, 3.8) is 0 Å². The summed E-state index contributed by atoms with van der Waals surface area (Å²) in [4.78, 5) is 27.9. The average molecular weight is 556 g/mol. The first-order valence-corrected chi connectivity index (χ1v) is 16.5. The predicted molar refractivity (Wildman–Crippen MR) is 153 cm³/mol. The van der Waals surface area contributed by atoms with Crippen LogP contribution in [0.25, 0.3) is 9.40 Å². The molecule has 0 aliphatic heterocycles. The number of carbonyl (C=O) groups excluding carboxylic acids is 2. The van der Waals surface area contributed by atoms with Crippen LogP contribution in [0.3, 0.4) is 0 Å². The third kappa shape index (κ3) is 7.12. The summed E-state index contributed by atoms with van der Waals surface area (Å²) in [7, 11) is 0. The van der Waals surface area contributed by atoms with E-state index in [1.54, 1.807) is 22.7 Å². The van der Waals surface area contributed by atoms with E-state index in [1.807, 2.05) is 0 Å². The average Bonchev–Trinajstić information content (AvgIpc) is 3.35. The van der Waals surface area contributed by atoms with E-state index in [0.29, 0.717) is 23.0 Å². The molecule has 2 aliphatic rings. The third-order valence-corrected chi connectivity index (χ3v) is 11.4. The number of carbonyl (C=O) groups is 2. The smallest absolute Gasteiger partial charge is 0.254 e. The number of hydrogen-bond donors (Lipinski definition) is 0. The van der Waals surface area contributed by atoms with Crippen LogP contribution >= 0.6 is 45.9 Å². The maximum Gasteiger partial charge on any atom is 0.254 e. The van der Waals surface area contributed by atoms with Crippen LogP contribution in [0.5, 0.6) is 0 Å². The van der Waals surface area contributed by atoms with Gasteiger partial charge in [-0.25, -0.2) is 0 Å². The van der Waals surface area contributed by atoms with Gasteiger partial charge in [-0.15, -0.1) is 22.7 Å². The van der Waals surface area contributed by atoms with Crippen molar-refractivity contribution >= 4 is 65.8 Å². The Labute approximate surface area is 229 Å². The van der Waals surface area contributed by atoms with Crippen LogP contribution in [0.1, 0.15) is 164 Å². The molecule has 0 saturated heterocycles. The van der Waals surface area contributed by atoms with Gasteiger partial charge in [0.15, 0.2) is 0 Å². The largest absolute Gasteiger partial charge is 0.276 e. The van der Waals surface area contributed by atoms with Crippen LogP contribution in [0.4, 0.5) is 0 Å². The number of rotatable bonds is 4. The Balaban J connectivity index is 1.71. The molecule has 0 radical (unpaired) electrons. The van der Waals surface area contributed by atoms with Gasteiger partial charge in [0.1, 0.15) is 0 Å². The lowest BCUT2D eigenvalue weighted by Gasteiger charge is -2.19. The molecule has 0 N–H and O–H groups in total. The SMILES string of the molecule is O=C(Cl)c1c(C2CCCCCCCCCC2)sc2c(C(=O)Cl)c(C3CCCCCCCCC3)sc12. The summed E-state index contributed by atoms with van der Waals surface area (Å²) in [5.41, 5.74) is 1.36. The van der Waals surface area contributed by atoms with Gasteiger partial charge in [0.2, 0.25) is 0 Å². The van der Waals surface area contributed by atoms with Crippen LogP contribution in [0.2, 0.25) is 0 Å². The third-order valence-electron chi connectivity index (χ3n) is 8.17. The minimum absolute atomic E-state index is 0.353. The van der Waals surface area contributed by atoms with Crippen molar-refractivity contribution in [3.8, 4) is 0 Å². The van der Waals surface area contributed by atoms with Crippen LogP contribution in [0.15, 0.2) is 0 Å². The van der Waals surface area contributed by atoms with Gasteiger partial charge in [0.05, 0.1) is 20.5 Å². The highest BCUT2D eigenvalue weighted by molar-refractivity contribution is 7.29. The number of halogens is 2. The first-order chi connectivity index (χ1) is 17.1. The molecule has 0 spiro atoms. The molecule has 0 aromatic carbocycles. The molecule has 0 bridgehead atoms. The van der Waals surface area contributed by atoms with Gasteiger partial charge in [-0.1, -0.05) is 96.3 Å². The van der Waals surface area contributed by atoms with Gasteiger partial charge < -0.3 is 0 Å². The molecule has 4 rings (SSSR count). The van der Waals surface area contributed by atoms with Gasteiger partial charge in [0.25, 0.3) is 10.5 Å². The Morgan fingerprint density at radius 1 is 0.486 bits per heavy atom. The predicted octanol–water partition coefficient (Wildman–Crippen LogP) is 11.3. The zero-order valence-corrected chi connectivity index (χ0v) is 24.1. The summed E-state index contributed by atoms with van der Waals surface area (Å²) in [6, 6.07) is 0. The lowest BCUT2D eigenvalue weighted by atomic mass is 9.89. The maximum atomic E-state index is 12.8. The fraction of sp³-hybridized carbons (Fsp3) is 0.724. The standard InChI is InChI=1S/C29H40Cl2O2S2/c30-28(32)22-24(20-16-12-8-4-1-2-5-9-13-17-20)34-27-23(29(31)33)25(35-26(22)27)21-18-14-10-6-3-7-11-15-19-21/h20-21H,1-19H2. The molecule has 0 unspecified atom stereocenters. The number of hydrogen-bond acceptors (Lipinski definition) is 4. The van der Waals surface area contributed by atoms with E-state index in [2.05, 4.69) is 0 Å². The number of thiophene rings is 2. The second-order valence-corrected chi connectivity index (χ2v) is 13.5. The summed E-state index contributed by atoms with van der Waals surface area (Å²) in [6.07, 6.45) is 23.5. The van der Waals surface area contributed by atoms with Crippen molar-refractivity contribution in [3.05, 3.63) is 20.9 Å². The van der Waals surface area contributed by atoms with Gasteiger partial charge in [-0.2, -0.15) is 0 Å². The molecule has 2 aromatic rings. The molecular weight excluding hydrogens is 515 g/mol. The van der Waals surface area contributed by atoms with Gasteiger partial charge >= 0.3 is 0 Å². The summed E-state index contributed by atoms with van der Waals surface area (Å²) < 4.78 is 1.85. The van der Waals surface area contributed by atoms with Crippen molar-refractivity contribution in [2.75, 3.05) is 0 Å². The van der Waals surface area contributed by atoms with E-state index in [9.17, 15) is 9.59 Å². The van der Waals surface area contributed by atoms with E-state index in [1.165, 1.54) is 96.3 Å². The van der Waals surface area contributed by atoms with Gasteiger partial charge in [-0.3, -0.25) is 9.59 Å². The topological polar surface area (TPSA) is 34.1 Å².